The minimum absolute atomic E-state index is 0.0803. The van der Waals surface area contributed by atoms with E-state index in [2.05, 4.69) is 6.58 Å². The Morgan fingerprint density at radius 3 is 2.39 bits per heavy atom. The molecule has 0 heterocycles. The molecule has 4 nitrogen and oxygen atoms in total. The van der Waals surface area contributed by atoms with E-state index in [1.807, 2.05) is 18.4 Å². The van der Waals surface area contributed by atoms with Crippen LogP contribution in [0.2, 0.25) is 0 Å². The molecule has 0 amide bonds. The van der Waals surface area contributed by atoms with Crippen molar-refractivity contribution in [3.8, 4) is 5.75 Å². The number of carboxylic acids is 1. The molecule has 0 spiro atoms. The van der Waals surface area contributed by atoms with Gasteiger partial charge in [-0.05, 0) is 30.5 Å². The van der Waals surface area contributed by atoms with Crippen molar-refractivity contribution in [2.75, 3.05) is 6.26 Å². The molecule has 2 unspecified atom stereocenters. The minimum atomic E-state index is -1.23. The summed E-state index contributed by atoms with van der Waals surface area (Å²) in [7, 11) is 0. The summed E-state index contributed by atoms with van der Waals surface area (Å²) in [5.74, 6) is -1.32. The standard InChI is InChI=1S/C13H16O4S/c1-8(12(14)15)9(2)13(16)17-10-4-6-11(18-3)7-5-10/h4-7,9,13,16H,1H2,2-3H3,(H,14,15). The number of hydrogen-bond donors (Lipinski definition) is 2. The van der Waals surface area contributed by atoms with E-state index < -0.39 is 18.2 Å². The molecule has 0 aliphatic rings. The molecule has 0 saturated carbocycles. The normalized spacial score (nSPS) is 13.7. The lowest BCUT2D eigenvalue weighted by atomic mass is 10.0. The summed E-state index contributed by atoms with van der Waals surface area (Å²) in [6.07, 6.45) is 0.734. The van der Waals surface area contributed by atoms with Crippen molar-refractivity contribution < 1.29 is 19.7 Å². The zero-order valence-electron chi connectivity index (χ0n) is 10.3. The van der Waals surface area contributed by atoms with Crippen LogP contribution in [-0.2, 0) is 4.79 Å². The predicted octanol–water partition coefficient (Wildman–Crippen LogP) is 2.38. The highest BCUT2D eigenvalue weighted by atomic mass is 32.2. The van der Waals surface area contributed by atoms with Crippen LogP contribution in [0.1, 0.15) is 6.92 Å². The van der Waals surface area contributed by atoms with Crippen LogP contribution in [0.3, 0.4) is 0 Å². The Morgan fingerprint density at radius 2 is 1.94 bits per heavy atom. The molecule has 0 saturated heterocycles. The first-order valence-corrected chi connectivity index (χ1v) is 6.59. The van der Waals surface area contributed by atoms with Gasteiger partial charge in [-0.25, -0.2) is 4.79 Å². The minimum Gasteiger partial charge on any atom is -0.478 e. The van der Waals surface area contributed by atoms with E-state index in [9.17, 15) is 9.90 Å². The topological polar surface area (TPSA) is 66.8 Å². The lowest BCUT2D eigenvalue weighted by molar-refractivity contribution is -0.135. The molecular weight excluding hydrogens is 252 g/mol. The number of hydrogen-bond acceptors (Lipinski definition) is 4. The van der Waals surface area contributed by atoms with Crippen molar-refractivity contribution in [3.05, 3.63) is 36.4 Å². The molecule has 1 aromatic rings. The van der Waals surface area contributed by atoms with Crippen molar-refractivity contribution >= 4 is 17.7 Å². The quantitative estimate of drug-likeness (QED) is 0.471. The number of carboxylic acid groups (broad SMARTS) is 1. The SMILES string of the molecule is C=C(C(=O)O)C(C)C(O)Oc1ccc(SC)cc1. The molecule has 1 aromatic carbocycles. The summed E-state index contributed by atoms with van der Waals surface area (Å²) in [6.45, 7) is 4.95. The molecule has 0 aromatic heterocycles. The van der Waals surface area contributed by atoms with Gasteiger partial charge in [-0.1, -0.05) is 13.5 Å². The first-order valence-electron chi connectivity index (χ1n) is 5.36. The fourth-order valence-electron chi connectivity index (χ4n) is 1.26. The summed E-state index contributed by atoms with van der Waals surface area (Å²) in [5.41, 5.74) is -0.0803. The number of rotatable bonds is 6. The van der Waals surface area contributed by atoms with Crippen LogP contribution in [0.5, 0.6) is 5.75 Å². The first kappa shape index (κ1) is 14.6. The third-order valence-electron chi connectivity index (χ3n) is 2.57. The van der Waals surface area contributed by atoms with Crippen molar-refractivity contribution in [1.82, 2.24) is 0 Å². The van der Waals surface area contributed by atoms with Gasteiger partial charge in [-0.3, -0.25) is 0 Å². The maximum absolute atomic E-state index is 10.7. The monoisotopic (exact) mass is 268 g/mol. The Kier molecular flexibility index (Phi) is 5.25. The van der Waals surface area contributed by atoms with Gasteiger partial charge in [0, 0.05) is 10.5 Å². The molecule has 0 radical (unpaired) electrons. The van der Waals surface area contributed by atoms with Gasteiger partial charge in [0.05, 0.1) is 5.92 Å². The number of ether oxygens (including phenoxy) is 1. The highest BCUT2D eigenvalue weighted by Gasteiger charge is 2.23. The van der Waals surface area contributed by atoms with E-state index in [-0.39, 0.29) is 5.57 Å². The van der Waals surface area contributed by atoms with Gasteiger partial charge in [-0.2, -0.15) is 0 Å². The number of aliphatic carboxylic acids is 1. The summed E-state index contributed by atoms with van der Waals surface area (Å²) in [4.78, 5) is 11.8. The maximum Gasteiger partial charge on any atom is 0.331 e. The third-order valence-corrected chi connectivity index (χ3v) is 3.31. The van der Waals surface area contributed by atoms with Gasteiger partial charge >= 0.3 is 5.97 Å². The second-order valence-electron chi connectivity index (χ2n) is 3.80. The van der Waals surface area contributed by atoms with Gasteiger partial charge in [0.25, 0.3) is 0 Å². The van der Waals surface area contributed by atoms with Crippen LogP contribution in [0, 0.1) is 5.92 Å². The molecule has 2 N–H and O–H groups in total. The number of benzene rings is 1. The van der Waals surface area contributed by atoms with E-state index in [0.717, 1.165) is 4.90 Å². The molecule has 0 aliphatic carbocycles. The van der Waals surface area contributed by atoms with Crippen LogP contribution < -0.4 is 4.74 Å². The van der Waals surface area contributed by atoms with E-state index in [1.54, 1.807) is 30.8 Å². The smallest absolute Gasteiger partial charge is 0.331 e. The molecule has 1 rings (SSSR count). The third kappa shape index (κ3) is 3.78. The van der Waals surface area contributed by atoms with E-state index in [4.69, 9.17) is 9.84 Å². The molecule has 18 heavy (non-hydrogen) atoms. The molecule has 98 valence electrons. The predicted molar refractivity (Wildman–Crippen MR) is 70.8 cm³/mol. The summed E-state index contributed by atoms with van der Waals surface area (Å²) in [5, 5.41) is 18.5. The molecule has 5 heteroatoms. The Bertz CT molecular complexity index is 427. The van der Waals surface area contributed by atoms with Gasteiger partial charge in [0.2, 0.25) is 6.29 Å². The van der Waals surface area contributed by atoms with Crippen molar-refractivity contribution in [2.45, 2.75) is 18.1 Å². The molecular formula is C13H16O4S. The van der Waals surface area contributed by atoms with Crippen LogP contribution in [0.4, 0.5) is 0 Å². The Labute approximate surface area is 110 Å². The Hall–Kier alpha value is -1.46. The number of carbonyl (C=O) groups is 1. The van der Waals surface area contributed by atoms with Gasteiger partial charge in [0.15, 0.2) is 0 Å². The fraction of sp³-hybridized carbons (Fsp3) is 0.308. The van der Waals surface area contributed by atoms with E-state index in [1.165, 1.54) is 0 Å². The highest BCUT2D eigenvalue weighted by molar-refractivity contribution is 7.98. The average molecular weight is 268 g/mol. The average Bonchev–Trinajstić information content (AvgIpc) is 2.37. The first-order chi connectivity index (χ1) is 8.45. The van der Waals surface area contributed by atoms with Crippen LogP contribution in [-0.4, -0.2) is 28.7 Å². The molecule has 0 fully saturated rings. The second kappa shape index (κ2) is 6.47. The summed E-state index contributed by atoms with van der Waals surface area (Å²) in [6, 6.07) is 7.18. The van der Waals surface area contributed by atoms with Crippen LogP contribution in [0.15, 0.2) is 41.3 Å². The highest BCUT2D eigenvalue weighted by Crippen LogP contribution is 2.22. The van der Waals surface area contributed by atoms with E-state index >= 15 is 0 Å². The van der Waals surface area contributed by atoms with Crippen molar-refractivity contribution in [1.29, 1.82) is 0 Å². The zero-order valence-corrected chi connectivity index (χ0v) is 11.1. The van der Waals surface area contributed by atoms with Gasteiger partial charge < -0.3 is 14.9 Å². The molecule has 0 aliphatic heterocycles. The number of aliphatic hydroxyl groups is 1. The van der Waals surface area contributed by atoms with E-state index in [0.29, 0.717) is 5.75 Å². The Balaban J connectivity index is 2.65. The summed E-state index contributed by atoms with van der Waals surface area (Å²) < 4.78 is 5.27. The lowest BCUT2D eigenvalue weighted by Gasteiger charge is -2.20. The zero-order chi connectivity index (χ0) is 13.7. The summed E-state index contributed by atoms with van der Waals surface area (Å²) >= 11 is 1.60. The van der Waals surface area contributed by atoms with Crippen LogP contribution >= 0.6 is 11.8 Å². The van der Waals surface area contributed by atoms with Crippen LogP contribution in [0.25, 0.3) is 0 Å². The largest absolute Gasteiger partial charge is 0.478 e. The van der Waals surface area contributed by atoms with Crippen molar-refractivity contribution in [2.24, 2.45) is 5.92 Å². The fourth-order valence-corrected chi connectivity index (χ4v) is 1.67. The Morgan fingerprint density at radius 1 is 1.39 bits per heavy atom. The lowest BCUT2D eigenvalue weighted by Crippen LogP contribution is -2.28. The second-order valence-corrected chi connectivity index (χ2v) is 4.68. The maximum atomic E-state index is 10.7. The van der Waals surface area contributed by atoms with Crippen molar-refractivity contribution in [3.63, 3.8) is 0 Å². The van der Waals surface area contributed by atoms with Gasteiger partial charge in [-0.15, -0.1) is 11.8 Å². The number of aliphatic hydroxyl groups excluding tert-OH is 1. The molecule has 0 bridgehead atoms. The van der Waals surface area contributed by atoms with Gasteiger partial charge in [0.1, 0.15) is 5.75 Å². The molecule has 2 atom stereocenters. The number of thioether (sulfide) groups is 1.